The molecule has 1 aliphatic heterocycles. The summed E-state index contributed by atoms with van der Waals surface area (Å²) in [5.41, 5.74) is 2.68. The number of nitrogens with zero attached hydrogens (tertiary/aromatic N) is 2. The maximum absolute atomic E-state index is 12.6. The molecule has 0 atom stereocenters. The van der Waals surface area contributed by atoms with Crippen LogP contribution in [-0.4, -0.2) is 42.7 Å². The summed E-state index contributed by atoms with van der Waals surface area (Å²) in [7, 11) is 3.02. The number of methoxy groups -OCH3 is 1. The lowest BCUT2D eigenvalue weighted by molar-refractivity contribution is -0.142. The summed E-state index contributed by atoms with van der Waals surface area (Å²) in [5, 5.41) is 0.628. The molecule has 0 saturated carbocycles. The topological polar surface area (TPSA) is 68.2 Å². The Balaban J connectivity index is 1.80. The Hall–Kier alpha value is -3.06. The van der Waals surface area contributed by atoms with Crippen molar-refractivity contribution in [2.75, 3.05) is 20.8 Å². The molecule has 28 heavy (non-hydrogen) atoms. The van der Waals surface area contributed by atoms with E-state index in [4.69, 9.17) is 4.74 Å². The van der Waals surface area contributed by atoms with Gasteiger partial charge in [0.1, 0.15) is 5.75 Å². The summed E-state index contributed by atoms with van der Waals surface area (Å²) in [6, 6.07) is 15.0. The van der Waals surface area contributed by atoms with E-state index in [-0.39, 0.29) is 12.5 Å². The van der Waals surface area contributed by atoms with Crippen LogP contribution in [0.15, 0.2) is 58.4 Å². The van der Waals surface area contributed by atoms with Crippen LogP contribution in [0.2, 0.25) is 0 Å². The number of amidine groups is 1. The molecule has 1 heterocycles. The molecular formula is C21H20N2O4S. The number of benzene rings is 2. The van der Waals surface area contributed by atoms with Gasteiger partial charge in [-0.2, -0.15) is 0 Å². The summed E-state index contributed by atoms with van der Waals surface area (Å²) in [6.45, 7) is 1.82. The van der Waals surface area contributed by atoms with Crippen LogP contribution in [0.3, 0.4) is 0 Å². The highest BCUT2D eigenvalue weighted by Gasteiger charge is 2.30. The van der Waals surface area contributed by atoms with Gasteiger partial charge in [0, 0.05) is 7.05 Å². The molecule has 1 aliphatic rings. The number of thioether (sulfide) groups is 1. The molecule has 0 aromatic heterocycles. The first-order valence-electron chi connectivity index (χ1n) is 8.59. The van der Waals surface area contributed by atoms with E-state index in [0.29, 0.717) is 15.8 Å². The first-order valence-corrected chi connectivity index (χ1v) is 9.41. The lowest BCUT2D eigenvalue weighted by Crippen LogP contribution is -2.23. The third-order valence-electron chi connectivity index (χ3n) is 4.08. The molecule has 0 spiro atoms. The van der Waals surface area contributed by atoms with E-state index < -0.39 is 5.97 Å². The third kappa shape index (κ3) is 4.61. The average Bonchev–Trinajstić information content (AvgIpc) is 2.96. The van der Waals surface area contributed by atoms with Gasteiger partial charge in [0.05, 0.1) is 17.7 Å². The number of ether oxygens (including phenoxy) is 2. The van der Waals surface area contributed by atoms with Gasteiger partial charge in [-0.25, -0.2) is 9.79 Å². The number of rotatable bonds is 5. The van der Waals surface area contributed by atoms with Crippen LogP contribution >= 0.6 is 11.8 Å². The van der Waals surface area contributed by atoms with Gasteiger partial charge < -0.3 is 9.47 Å². The summed E-state index contributed by atoms with van der Waals surface area (Å²) < 4.78 is 9.96. The molecule has 3 rings (SSSR count). The Bertz CT molecular complexity index is 968. The van der Waals surface area contributed by atoms with Crippen molar-refractivity contribution in [3.8, 4) is 5.75 Å². The zero-order chi connectivity index (χ0) is 20.1. The minimum Gasteiger partial charge on any atom is -0.482 e. The molecule has 144 valence electrons. The maximum Gasteiger partial charge on any atom is 0.343 e. The summed E-state index contributed by atoms with van der Waals surface area (Å²) in [5.74, 6) is -0.0421. The van der Waals surface area contributed by atoms with E-state index in [1.807, 2.05) is 37.3 Å². The second-order valence-corrected chi connectivity index (χ2v) is 7.10. The van der Waals surface area contributed by atoms with Crippen LogP contribution in [0.1, 0.15) is 11.1 Å². The first kappa shape index (κ1) is 19.7. The maximum atomic E-state index is 12.6. The molecule has 1 fully saturated rings. The van der Waals surface area contributed by atoms with Gasteiger partial charge in [0.15, 0.2) is 11.8 Å². The largest absolute Gasteiger partial charge is 0.482 e. The minimum atomic E-state index is -0.455. The number of hydrogen-bond donors (Lipinski definition) is 0. The van der Waals surface area contributed by atoms with Crippen molar-refractivity contribution in [1.29, 1.82) is 0 Å². The molecule has 1 saturated heterocycles. The standard InChI is InChI=1S/C21H20N2O4S/c1-14-7-4-5-10-17(14)22-21-23(2)20(25)18(28-21)12-15-8-6-9-16(11-15)27-13-19(24)26-3/h4-12H,13H2,1-3H3/b18-12+,22-21?. The molecule has 0 N–H and O–H groups in total. The Kier molecular flexibility index (Phi) is 6.16. The number of likely N-dealkylation sites (N-methyl/N-ethyl adjacent to an activating group) is 1. The Morgan fingerprint density at radius 1 is 1.21 bits per heavy atom. The summed E-state index contributed by atoms with van der Waals surface area (Å²) in [6.07, 6.45) is 1.79. The predicted octanol–water partition coefficient (Wildman–Crippen LogP) is 3.78. The summed E-state index contributed by atoms with van der Waals surface area (Å²) in [4.78, 5) is 30.5. The number of hydrogen-bond acceptors (Lipinski definition) is 6. The average molecular weight is 396 g/mol. The van der Waals surface area contributed by atoms with Gasteiger partial charge in [0.2, 0.25) is 0 Å². The second kappa shape index (κ2) is 8.75. The summed E-state index contributed by atoms with van der Waals surface area (Å²) >= 11 is 1.33. The molecular weight excluding hydrogens is 376 g/mol. The fraction of sp³-hybridized carbons (Fsp3) is 0.190. The monoisotopic (exact) mass is 396 g/mol. The molecule has 6 nitrogen and oxygen atoms in total. The van der Waals surface area contributed by atoms with Gasteiger partial charge in [-0.05, 0) is 54.1 Å². The van der Waals surface area contributed by atoms with Crippen molar-refractivity contribution in [3.63, 3.8) is 0 Å². The molecule has 0 unspecified atom stereocenters. The van der Waals surface area contributed by atoms with E-state index in [2.05, 4.69) is 9.73 Å². The van der Waals surface area contributed by atoms with Gasteiger partial charge in [-0.1, -0.05) is 30.3 Å². The van der Waals surface area contributed by atoms with E-state index in [1.165, 1.54) is 18.9 Å². The Labute approximate surface area is 167 Å². The van der Waals surface area contributed by atoms with Crippen molar-refractivity contribution >= 4 is 40.6 Å². The molecule has 2 aromatic carbocycles. The Morgan fingerprint density at radius 3 is 2.75 bits per heavy atom. The number of carbonyl (C=O) groups excluding carboxylic acids is 2. The fourth-order valence-corrected chi connectivity index (χ4v) is 3.47. The highest BCUT2D eigenvalue weighted by Crippen LogP contribution is 2.34. The molecule has 0 bridgehead atoms. The number of esters is 1. The molecule has 0 radical (unpaired) electrons. The number of aryl methyl sites for hydroxylation is 1. The zero-order valence-corrected chi connectivity index (χ0v) is 16.7. The number of aliphatic imine (C=N–C) groups is 1. The van der Waals surface area contributed by atoms with Crippen molar-refractivity contribution in [2.45, 2.75) is 6.92 Å². The predicted molar refractivity (Wildman–Crippen MR) is 111 cm³/mol. The van der Waals surface area contributed by atoms with Gasteiger partial charge in [0.25, 0.3) is 5.91 Å². The zero-order valence-electron chi connectivity index (χ0n) is 15.8. The van der Waals surface area contributed by atoms with Gasteiger partial charge in [-0.15, -0.1) is 0 Å². The van der Waals surface area contributed by atoms with E-state index in [0.717, 1.165) is 16.8 Å². The number of amides is 1. The van der Waals surface area contributed by atoms with E-state index in [9.17, 15) is 9.59 Å². The van der Waals surface area contributed by atoms with Crippen LogP contribution in [-0.2, 0) is 14.3 Å². The lowest BCUT2D eigenvalue weighted by atomic mass is 10.2. The van der Waals surface area contributed by atoms with Crippen LogP contribution in [0.25, 0.3) is 6.08 Å². The van der Waals surface area contributed by atoms with E-state index in [1.54, 1.807) is 36.2 Å². The Morgan fingerprint density at radius 2 is 2.00 bits per heavy atom. The minimum absolute atomic E-state index is 0.113. The third-order valence-corrected chi connectivity index (χ3v) is 5.14. The lowest BCUT2D eigenvalue weighted by Gasteiger charge is -2.08. The second-order valence-electron chi connectivity index (χ2n) is 6.09. The van der Waals surface area contributed by atoms with Crippen molar-refractivity contribution in [2.24, 2.45) is 4.99 Å². The first-order chi connectivity index (χ1) is 13.5. The van der Waals surface area contributed by atoms with Crippen molar-refractivity contribution < 1.29 is 19.1 Å². The van der Waals surface area contributed by atoms with E-state index >= 15 is 0 Å². The fourth-order valence-electron chi connectivity index (χ4n) is 2.49. The smallest absolute Gasteiger partial charge is 0.343 e. The SMILES string of the molecule is COC(=O)COc1cccc(/C=C2/SC(=Nc3ccccc3C)N(C)C2=O)c1. The normalized spacial score (nSPS) is 16.7. The number of carbonyl (C=O) groups is 2. The van der Waals surface area contributed by atoms with Crippen LogP contribution in [0.5, 0.6) is 5.75 Å². The highest BCUT2D eigenvalue weighted by atomic mass is 32.2. The molecule has 0 aliphatic carbocycles. The van der Waals surface area contributed by atoms with Crippen molar-refractivity contribution in [1.82, 2.24) is 4.90 Å². The molecule has 7 heteroatoms. The van der Waals surface area contributed by atoms with Crippen LogP contribution in [0, 0.1) is 6.92 Å². The molecule has 2 aromatic rings. The van der Waals surface area contributed by atoms with Crippen LogP contribution < -0.4 is 4.74 Å². The number of para-hydroxylation sites is 1. The quantitative estimate of drug-likeness (QED) is 0.568. The molecule has 1 amide bonds. The van der Waals surface area contributed by atoms with Gasteiger partial charge >= 0.3 is 5.97 Å². The van der Waals surface area contributed by atoms with Gasteiger partial charge in [-0.3, -0.25) is 9.69 Å². The highest BCUT2D eigenvalue weighted by molar-refractivity contribution is 8.18. The van der Waals surface area contributed by atoms with Crippen LogP contribution in [0.4, 0.5) is 5.69 Å². The van der Waals surface area contributed by atoms with Crippen molar-refractivity contribution in [3.05, 3.63) is 64.6 Å².